The third-order valence-electron chi connectivity index (χ3n) is 5.00. The first kappa shape index (κ1) is 22.1. The van der Waals surface area contributed by atoms with Crippen molar-refractivity contribution < 1.29 is 23.6 Å². The Labute approximate surface area is 179 Å². The molecule has 1 heterocycles. The van der Waals surface area contributed by atoms with E-state index in [0.717, 1.165) is 4.90 Å². The van der Waals surface area contributed by atoms with Gasteiger partial charge in [-0.15, -0.1) is 0 Å². The monoisotopic (exact) mass is 425 g/mol. The Morgan fingerprint density at radius 2 is 1.74 bits per heavy atom. The number of nitrogens with zero attached hydrogens (tertiary/aromatic N) is 2. The number of halogens is 1. The van der Waals surface area contributed by atoms with Gasteiger partial charge in [-0.3, -0.25) is 19.2 Å². The summed E-state index contributed by atoms with van der Waals surface area (Å²) < 4.78 is 13.2. The largest absolute Gasteiger partial charge is 0.326 e. The number of imide groups is 1. The molecular weight excluding hydrogens is 401 g/mol. The van der Waals surface area contributed by atoms with Crippen molar-refractivity contribution in [2.75, 3.05) is 10.2 Å². The molecule has 8 heteroatoms. The van der Waals surface area contributed by atoms with E-state index in [4.69, 9.17) is 0 Å². The fourth-order valence-electron chi connectivity index (χ4n) is 3.54. The van der Waals surface area contributed by atoms with Gasteiger partial charge >= 0.3 is 0 Å². The van der Waals surface area contributed by atoms with Crippen LogP contribution in [-0.2, 0) is 25.7 Å². The van der Waals surface area contributed by atoms with Crippen LogP contribution in [0.4, 0.5) is 15.8 Å². The van der Waals surface area contributed by atoms with Crippen molar-refractivity contribution in [3.63, 3.8) is 0 Å². The minimum atomic E-state index is -0.924. The minimum Gasteiger partial charge on any atom is -0.326 e. The molecule has 1 saturated heterocycles. The second kappa shape index (κ2) is 9.51. The number of anilines is 2. The molecule has 162 valence electrons. The van der Waals surface area contributed by atoms with E-state index in [1.165, 1.54) is 24.0 Å². The van der Waals surface area contributed by atoms with Crippen molar-refractivity contribution in [3.05, 3.63) is 59.9 Å². The highest BCUT2D eigenvalue weighted by Gasteiger charge is 2.44. The van der Waals surface area contributed by atoms with Crippen LogP contribution in [0.5, 0.6) is 0 Å². The van der Waals surface area contributed by atoms with Gasteiger partial charge < -0.3 is 10.2 Å². The van der Waals surface area contributed by atoms with Gasteiger partial charge in [0.2, 0.25) is 17.7 Å². The van der Waals surface area contributed by atoms with Gasteiger partial charge in [0.05, 0.1) is 12.1 Å². The number of hydrogen-bond donors (Lipinski definition) is 1. The quantitative estimate of drug-likeness (QED) is 0.690. The average molecular weight is 425 g/mol. The van der Waals surface area contributed by atoms with Gasteiger partial charge in [0, 0.05) is 25.6 Å². The third kappa shape index (κ3) is 5.14. The molecule has 0 saturated carbocycles. The van der Waals surface area contributed by atoms with Crippen molar-refractivity contribution in [1.29, 1.82) is 0 Å². The number of hydrogen-bond acceptors (Lipinski definition) is 4. The second-order valence-electron chi connectivity index (χ2n) is 7.41. The van der Waals surface area contributed by atoms with E-state index in [0.29, 0.717) is 23.4 Å². The molecule has 1 N–H and O–H groups in total. The minimum absolute atomic E-state index is 0.109. The molecular formula is C23H24FN3O4. The SMILES string of the molecule is CCCC(=O)N(Cc1ccc(F)cc1)C1CC(=O)N(c2ccc(NC(C)=O)cc2)C1=O. The van der Waals surface area contributed by atoms with Gasteiger partial charge in [-0.25, -0.2) is 9.29 Å². The zero-order valence-electron chi connectivity index (χ0n) is 17.4. The van der Waals surface area contributed by atoms with Crippen molar-refractivity contribution in [2.24, 2.45) is 0 Å². The highest BCUT2D eigenvalue weighted by Crippen LogP contribution is 2.28. The summed E-state index contributed by atoms with van der Waals surface area (Å²) in [6.07, 6.45) is 0.718. The zero-order chi connectivity index (χ0) is 22.5. The van der Waals surface area contributed by atoms with Crippen molar-refractivity contribution >= 4 is 35.0 Å². The topological polar surface area (TPSA) is 86.8 Å². The van der Waals surface area contributed by atoms with E-state index in [-0.39, 0.29) is 31.2 Å². The molecule has 31 heavy (non-hydrogen) atoms. The number of carbonyl (C=O) groups is 4. The Bertz CT molecular complexity index is 989. The lowest BCUT2D eigenvalue weighted by molar-refractivity contribution is -0.139. The second-order valence-corrected chi connectivity index (χ2v) is 7.41. The molecule has 2 aromatic carbocycles. The Balaban J connectivity index is 1.84. The standard InChI is InChI=1S/C23H24FN3O4/c1-3-4-21(29)26(14-16-5-7-17(24)8-6-16)20-13-22(30)27(23(20)31)19-11-9-18(10-12-19)25-15(2)28/h5-12,20H,3-4,13-14H2,1-2H3,(H,25,28). The normalized spacial score (nSPS) is 15.8. The summed E-state index contributed by atoms with van der Waals surface area (Å²) in [4.78, 5) is 52.3. The van der Waals surface area contributed by atoms with Crippen molar-refractivity contribution in [3.8, 4) is 0 Å². The molecule has 1 unspecified atom stereocenters. The first-order valence-corrected chi connectivity index (χ1v) is 10.1. The molecule has 3 rings (SSSR count). The highest BCUT2D eigenvalue weighted by atomic mass is 19.1. The maximum absolute atomic E-state index is 13.2. The van der Waals surface area contributed by atoms with Crippen LogP contribution in [0.25, 0.3) is 0 Å². The van der Waals surface area contributed by atoms with Crippen LogP contribution in [0, 0.1) is 5.82 Å². The highest BCUT2D eigenvalue weighted by molar-refractivity contribution is 6.23. The first-order valence-electron chi connectivity index (χ1n) is 10.1. The summed E-state index contributed by atoms with van der Waals surface area (Å²) in [5, 5.41) is 2.63. The summed E-state index contributed by atoms with van der Waals surface area (Å²) >= 11 is 0. The molecule has 7 nitrogen and oxygen atoms in total. The van der Waals surface area contributed by atoms with E-state index in [9.17, 15) is 23.6 Å². The van der Waals surface area contributed by atoms with Gasteiger partial charge in [-0.05, 0) is 48.4 Å². The summed E-state index contributed by atoms with van der Waals surface area (Å²) in [6, 6.07) is 11.1. The maximum atomic E-state index is 13.2. The van der Waals surface area contributed by atoms with Crippen LogP contribution < -0.4 is 10.2 Å². The van der Waals surface area contributed by atoms with E-state index in [2.05, 4.69) is 5.32 Å². The Hall–Kier alpha value is -3.55. The molecule has 1 aliphatic heterocycles. The molecule has 1 aliphatic rings. The maximum Gasteiger partial charge on any atom is 0.257 e. The van der Waals surface area contributed by atoms with Crippen molar-refractivity contribution in [1.82, 2.24) is 4.90 Å². The Morgan fingerprint density at radius 1 is 1.10 bits per heavy atom. The number of rotatable bonds is 7. The van der Waals surface area contributed by atoms with Gasteiger partial charge in [0.15, 0.2) is 0 Å². The molecule has 2 aromatic rings. The molecule has 0 spiro atoms. The van der Waals surface area contributed by atoms with E-state index >= 15 is 0 Å². The number of amides is 4. The summed E-state index contributed by atoms with van der Waals surface area (Å²) in [7, 11) is 0. The molecule has 1 fully saturated rings. The van der Waals surface area contributed by atoms with Crippen LogP contribution in [-0.4, -0.2) is 34.6 Å². The predicted octanol–water partition coefficient (Wildman–Crippen LogP) is 3.24. The average Bonchev–Trinajstić information content (AvgIpc) is 3.02. The number of carbonyl (C=O) groups excluding carboxylic acids is 4. The smallest absolute Gasteiger partial charge is 0.257 e. The zero-order valence-corrected chi connectivity index (χ0v) is 17.4. The van der Waals surface area contributed by atoms with Crippen LogP contribution >= 0.6 is 0 Å². The Kier molecular flexibility index (Phi) is 6.79. The summed E-state index contributed by atoms with van der Waals surface area (Å²) in [6.45, 7) is 3.35. The first-order chi connectivity index (χ1) is 14.8. The molecule has 0 aliphatic carbocycles. The lowest BCUT2D eigenvalue weighted by atomic mass is 10.1. The lowest BCUT2D eigenvalue weighted by Gasteiger charge is -2.28. The van der Waals surface area contributed by atoms with Crippen LogP contribution in [0.1, 0.15) is 38.7 Å². The van der Waals surface area contributed by atoms with Crippen LogP contribution in [0.3, 0.4) is 0 Å². The summed E-state index contributed by atoms with van der Waals surface area (Å²) in [5.41, 5.74) is 1.59. The molecule has 0 radical (unpaired) electrons. The molecule has 4 amide bonds. The molecule has 1 atom stereocenters. The lowest BCUT2D eigenvalue weighted by Crippen LogP contribution is -2.45. The van der Waals surface area contributed by atoms with E-state index in [1.54, 1.807) is 36.4 Å². The molecule has 0 aromatic heterocycles. The van der Waals surface area contributed by atoms with Gasteiger partial charge in [-0.1, -0.05) is 19.1 Å². The molecule has 0 bridgehead atoms. The Morgan fingerprint density at radius 3 is 2.32 bits per heavy atom. The summed E-state index contributed by atoms with van der Waals surface area (Å²) in [5.74, 6) is -1.75. The van der Waals surface area contributed by atoms with Gasteiger partial charge in [0.25, 0.3) is 5.91 Å². The van der Waals surface area contributed by atoms with Gasteiger partial charge in [0.1, 0.15) is 11.9 Å². The van der Waals surface area contributed by atoms with Crippen LogP contribution in [0.2, 0.25) is 0 Å². The van der Waals surface area contributed by atoms with Gasteiger partial charge in [-0.2, -0.15) is 0 Å². The fourth-order valence-corrected chi connectivity index (χ4v) is 3.54. The number of benzene rings is 2. The fraction of sp³-hybridized carbons (Fsp3) is 0.304. The number of nitrogens with one attached hydrogen (secondary N) is 1. The van der Waals surface area contributed by atoms with E-state index < -0.39 is 23.7 Å². The van der Waals surface area contributed by atoms with E-state index in [1.807, 2.05) is 6.92 Å². The van der Waals surface area contributed by atoms with Crippen molar-refractivity contribution in [2.45, 2.75) is 45.7 Å². The van der Waals surface area contributed by atoms with Crippen LogP contribution in [0.15, 0.2) is 48.5 Å². The predicted molar refractivity (Wildman–Crippen MR) is 114 cm³/mol. The third-order valence-corrected chi connectivity index (χ3v) is 5.00.